The van der Waals surface area contributed by atoms with Gasteiger partial charge in [-0.2, -0.15) is 26.3 Å². The summed E-state index contributed by atoms with van der Waals surface area (Å²) in [5, 5.41) is 10.5. The van der Waals surface area contributed by atoms with E-state index in [0.717, 1.165) is 18.2 Å². The first-order valence-corrected chi connectivity index (χ1v) is 13.9. The van der Waals surface area contributed by atoms with Crippen molar-refractivity contribution in [2.24, 2.45) is 5.92 Å². The number of thioether (sulfide) groups is 1. The van der Waals surface area contributed by atoms with Gasteiger partial charge in [0.05, 0.1) is 16.7 Å². The quantitative estimate of drug-likeness (QED) is 0.202. The van der Waals surface area contributed by atoms with Gasteiger partial charge < -0.3 is 9.84 Å². The number of allylic oxidation sites excluding steroid dienone is 2. The average Bonchev–Trinajstić information content (AvgIpc) is 2.89. The highest BCUT2D eigenvalue weighted by molar-refractivity contribution is 7.99. The number of Topliss-reactive ketones (excluding diaryl/α,β-unsaturated/α-hetero) is 1. The molecule has 3 aromatic rings. The molecule has 0 amide bonds. The van der Waals surface area contributed by atoms with Crippen molar-refractivity contribution < 1.29 is 41.0 Å². The maximum absolute atomic E-state index is 13.1. The van der Waals surface area contributed by atoms with E-state index in [2.05, 4.69) is 4.98 Å². The number of aryl methyl sites for hydroxylation is 1. The van der Waals surface area contributed by atoms with E-state index in [4.69, 9.17) is 16.3 Å². The Kier molecular flexibility index (Phi) is 9.28. The van der Waals surface area contributed by atoms with Gasteiger partial charge in [0.1, 0.15) is 16.5 Å². The number of ketones is 1. The lowest BCUT2D eigenvalue weighted by molar-refractivity contribution is -0.138. The number of carbonyl (C=O) groups is 1. The highest BCUT2D eigenvalue weighted by Gasteiger charge is 2.33. The van der Waals surface area contributed by atoms with Gasteiger partial charge in [-0.1, -0.05) is 24.6 Å². The fraction of sp³-hybridized carbons (Fsp3) is 0.310. The summed E-state index contributed by atoms with van der Waals surface area (Å²) < 4.78 is 82.5. The minimum absolute atomic E-state index is 0.0402. The number of aliphatic hydroxyl groups is 1. The number of pyridine rings is 1. The Morgan fingerprint density at radius 3 is 2.27 bits per heavy atom. The van der Waals surface area contributed by atoms with Crippen LogP contribution in [0, 0.1) is 5.92 Å². The van der Waals surface area contributed by atoms with Crippen LogP contribution in [0.1, 0.15) is 48.4 Å². The molecule has 1 heterocycles. The van der Waals surface area contributed by atoms with Crippen molar-refractivity contribution in [2.45, 2.75) is 49.9 Å². The normalized spacial score (nSPS) is 16.3. The Morgan fingerprint density at radius 1 is 1.00 bits per heavy atom. The molecule has 0 aliphatic heterocycles. The van der Waals surface area contributed by atoms with Crippen molar-refractivity contribution >= 4 is 34.7 Å². The lowest BCUT2D eigenvalue weighted by atomic mass is 9.81. The molecule has 4 nitrogen and oxygen atoms in total. The molecular weight excluding hydrogens is 592 g/mol. The third kappa shape index (κ3) is 7.56. The molecule has 41 heavy (non-hydrogen) atoms. The SMILES string of the molecule is CCc1cc(Oc2ncc(C(F)(F)F)cc2Cl)ccc1C1=C(O)CC(CCSc2ccc(C(F)(F)F)cc2)CC1=O. The maximum Gasteiger partial charge on any atom is 0.417 e. The van der Waals surface area contributed by atoms with Crippen molar-refractivity contribution in [3.8, 4) is 11.6 Å². The summed E-state index contributed by atoms with van der Waals surface area (Å²) in [6.07, 6.45) is -6.83. The van der Waals surface area contributed by atoms with Gasteiger partial charge in [0.15, 0.2) is 5.78 Å². The molecular formula is C29H24ClF6NO3S. The molecule has 1 atom stereocenters. The van der Waals surface area contributed by atoms with Crippen LogP contribution >= 0.6 is 23.4 Å². The molecule has 0 saturated carbocycles. The largest absolute Gasteiger partial charge is 0.512 e. The lowest BCUT2D eigenvalue weighted by Crippen LogP contribution is -2.20. The second-order valence-electron chi connectivity index (χ2n) is 9.46. The first-order valence-electron chi connectivity index (χ1n) is 12.6. The molecule has 1 aromatic heterocycles. The summed E-state index contributed by atoms with van der Waals surface area (Å²) in [4.78, 5) is 17.5. The summed E-state index contributed by atoms with van der Waals surface area (Å²) in [5.41, 5.74) is -0.295. The first kappa shape index (κ1) is 30.8. The van der Waals surface area contributed by atoms with Gasteiger partial charge in [-0.25, -0.2) is 4.98 Å². The molecule has 1 unspecified atom stereocenters. The summed E-state index contributed by atoms with van der Waals surface area (Å²) >= 11 is 7.33. The van der Waals surface area contributed by atoms with Crippen molar-refractivity contribution in [3.05, 3.63) is 87.8 Å². The van der Waals surface area contributed by atoms with Gasteiger partial charge >= 0.3 is 12.4 Å². The average molecular weight is 616 g/mol. The summed E-state index contributed by atoms with van der Waals surface area (Å²) in [6.45, 7) is 1.85. The lowest BCUT2D eigenvalue weighted by Gasteiger charge is -2.25. The molecule has 1 aliphatic carbocycles. The van der Waals surface area contributed by atoms with Crippen LogP contribution in [-0.4, -0.2) is 21.6 Å². The monoisotopic (exact) mass is 615 g/mol. The zero-order valence-corrected chi connectivity index (χ0v) is 23.1. The number of aliphatic hydroxyl groups excluding tert-OH is 1. The Labute approximate surface area is 241 Å². The molecule has 2 aromatic carbocycles. The van der Waals surface area contributed by atoms with Crippen LogP contribution in [0.15, 0.2) is 65.4 Å². The standard InChI is InChI=1S/C29H24ClF6NO3S/c1-2-17-13-20(40-27-23(30)14-19(15-37-27)29(34,35)36)5-8-22(17)26-24(38)11-16(12-25(26)39)9-10-41-21-6-3-18(4-7-21)28(31,32)33/h3-8,13-16,38H,2,9-12H2,1H3. The number of ether oxygens (including phenoxy) is 1. The molecule has 218 valence electrons. The number of alkyl halides is 6. The molecule has 1 N–H and O–H groups in total. The highest BCUT2D eigenvalue weighted by atomic mass is 35.5. The number of halogens is 7. The van der Waals surface area contributed by atoms with Crippen LogP contribution in [0.2, 0.25) is 5.02 Å². The number of hydrogen-bond acceptors (Lipinski definition) is 5. The van der Waals surface area contributed by atoms with Crippen LogP contribution < -0.4 is 4.74 Å². The maximum atomic E-state index is 13.1. The second kappa shape index (κ2) is 12.4. The van der Waals surface area contributed by atoms with Gasteiger partial charge in [0, 0.05) is 23.9 Å². The second-order valence-corrected chi connectivity index (χ2v) is 11.0. The fourth-order valence-corrected chi connectivity index (χ4v) is 5.72. The zero-order valence-electron chi connectivity index (χ0n) is 21.6. The fourth-order valence-electron chi connectivity index (χ4n) is 4.50. The van der Waals surface area contributed by atoms with Crippen LogP contribution in [0.25, 0.3) is 5.57 Å². The smallest absolute Gasteiger partial charge is 0.417 e. The Morgan fingerprint density at radius 2 is 1.68 bits per heavy atom. The molecule has 0 bridgehead atoms. The zero-order chi connectivity index (χ0) is 29.9. The Balaban J connectivity index is 1.43. The van der Waals surface area contributed by atoms with Gasteiger partial charge in [-0.3, -0.25) is 4.79 Å². The van der Waals surface area contributed by atoms with Crippen LogP contribution in [-0.2, 0) is 23.6 Å². The van der Waals surface area contributed by atoms with E-state index in [1.165, 1.54) is 30.0 Å². The number of benzene rings is 2. The summed E-state index contributed by atoms with van der Waals surface area (Å²) in [7, 11) is 0. The van der Waals surface area contributed by atoms with Crippen LogP contribution in [0.5, 0.6) is 11.6 Å². The third-order valence-electron chi connectivity index (χ3n) is 6.58. The van der Waals surface area contributed by atoms with E-state index < -0.39 is 23.5 Å². The highest BCUT2D eigenvalue weighted by Crippen LogP contribution is 2.39. The van der Waals surface area contributed by atoms with Crippen molar-refractivity contribution in [1.82, 2.24) is 4.98 Å². The summed E-state index contributed by atoms with van der Waals surface area (Å²) in [5.74, 6) is 0.228. The number of carbonyl (C=O) groups excluding carboxylic acids is 1. The van der Waals surface area contributed by atoms with E-state index in [1.807, 2.05) is 6.92 Å². The molecule has 0 saturated heterocycles. The molecule has 0 radical (unpaired) electrons. The van der Waals surface area contributed by atoms with E-state index in [9.17, 15) is 36.2 Å². The molecule has 12 heteroatoms. The Bertz CT molecular complexity index is 1450. The third-order valence-corrected chi connectivity index (χ3v) is 7.89. The number of nitrogens with zero attached hydrogens (tertiary/aromatic N) is 1. The number of aromatic nitrogens is 1. The van der Waals surface area contributed by atoms with Gasteiger partial charge in [0.2, 0.25) is 5.88 Å². The van der Waals surface area contributed by atoms with Crippen molar-refractivity contribution in [1.29, 1.82) is 0 Å². The Hall–Kier alpha value is -3.18. The molecule has 1 aliphatic rings. The first-order chi connectivity index (χ1) is 19.3. The molecule has 0 fully saturated rings. The van der Waals surface area contributed by atoms with Crippen LogP contribution in [0.4, 0.5) is 26.3 Å². The predicted molar refractivity (Wildman–Crippen MR) is 144 cm³/mol. The van der Waals surface area contributed by atoms with Crippen molar-refractivity contribution in [2.75, 3.05) is 5.75 Å². The molecule has 4 rings (SSSR count). The van der Waals surface area contributed by atoms with Gasteiger partial charge in [-0.15, -0.1) is 11.8 Å². The summed E-state index contributed by atoms with van der Waals surface area (Å²) in [6, 6.07) is 10.4. The van der Waals surface area contributed by atoms with E-state index >= 15 is 0 Å². The number of hydrogen-bond donors (Lipinski definition) is 1. The van der Waals surface area contributed by atoms with Crippen molar-refractivity contribution in [3.63, 3.8) is 0 Å². The van der Waals surface area contributed by atoms with E-state index in [1.54, 1.807) is 12.1 Å². The molecule has 0 spiro atoms. The predicted octanol–water partition coefficient (Wildman–Crippen LogP) is 9.56. The van der Waals surface area contributed by atoms with E-state index in [-0.39, 0.29) is 52.5 Å². The van der Waals surface area contributed by atoms with Gasteiger partial charge in [0.25, 0.3) is 0 Å². The van der Waals surface area contributed by atoms with Crippen LogP contribution in [0.3, 0.4) is 0 Å². The minimum Gasteiger partial charge on any atom is -0.512 e. The topological polar surface area (TPSA) is 59.4 Å². The van der Waals surface area contributed by atoms with Gasteiger partial charge in [-0.05, 0) is 78.1 Å². The minimum atomic E-state index is -4.60. The van der Waals surface area contributed by atoms with E-state index in [0.29, 0.717) is 40.8 Å². The number of rotatable bonds is 8.